The van der Waals surface area contributed by atoms with Crippen LogP contribution in [0.4, 0.5) is 17.3 Å². The maximum atomic E-state index is 12.2. The summed E-state index contributed by atoms with van der Waals surface area (Å²) in [5.41, 5.74) is 5.67. The van der Waals surface area contributed by atoms with E-state index in [1.165, 1.54) is 11.8 Å². The van der Waals surface area contributed by atoms with Crippen molar-refractivity contribution in [1.82, 2.24) is 15.2 Å². The molecule has 8 nitrogen and oxygen atoms in total. The number of aromatic amines is 1. The molecule has 0 aliphatic rings. The summed E-state index contributed by atoms with van der Waals surface area (Å²) in [7, 11) is 0. The van der Waals surface area contributed by atoms with Crippen LogP contribution in [0, 0.1) is 0 Å². The topological polar surface area (TPSA) is 98.3 Å². The number of benzene rings is 2. The first-order valence-corrected chi connectivity index (χ1v) is 10.7. The van der Waals surface area contributed by atoms with Crippen LogP contribution in [0.1, 0.15) is 19.4 Å². The number of rotatable bonds is 10. The van der Waals surface area contributed by atoms with E-state index in [9.17, 15) is 4.79 Å². The number of carbonyl (C=O) groups is 1. The average molecular weight is 424 g/mol. The fraction of sp³-hybridized carbons (Fsp3) is 0.238. The van der Waals surface area contributed by atoms with Crippen molar-refractivity contribution in [3.8, 4) is 0 Å². The van der Waals surface area contributed by atoms with Gasteiger partial charge in [-0.25, -0.2) is 10.5 Å². The Labute approximate surface area is 180 Å². The van der Waals surface area contributed by atoms with E-state index < -0.39 is 0 Å². The molecule has 30 heavy (non-hydrogen) atoms. The Kier molecular flexibility index (Phi) is 7.85. The highest BCUT2D eigenvalue weighted by Crippen LogP contribution is 2.19. The number of hydrogen-bond donors (Lipinski definition) is 3. The van der Waals surface area contributed by atoms with Gasteiger partial charge in [0.15, 0.2) is 0 Å². The second kappa shape index (κ2) is 11.0. The molecule has 0 unspecified atom stereocenters. The number of amides is 1. The van der Waals surface area contributed by atoms with Crippen molar-refractivity contribution >= 4 is 41.2 Å². The van der Waals surface area contributed by atoms with E-state index >= 15 is 0 Å². The lowest BCUT2D eigenvalue weighted by atomic mass is 10.2. The monoisotopic (exact) mass is 423 g/mol. The quantitative estimate of drug-likeness (QED) is 0.260. The third kappa shape index (κ3) is 6.35. The Bertz CT molecular complexity index is 953. The Hall–Kier alpha value is -3.33. The summed E-state index contributed by atoms with van der Waals surface area (Å²) < 4.78 is 0. The Morgan fingerprint density at radius 3 is 2.57 bits per heavy atom. The predicted octanol–water partition coefficient (Wildman–Crippen LogP) is 3.83. The lowest BCUT2D eigenvalue weighted by Gasteiger charge is -2.21. The number of hydrazone groups is 1. The molecule has 1 aromatic heterocycles. The van der Waals surface area contributed by atoms with Crippen molar-refractivity contribution in [2.45, 2.75) is 19.0 Å². The van der Waals surface area contributed by atoms with Gasteiger partial charge in [0.1, 0.15) is 0 Å². The minimum Gasteiger partial charge on any atom is -0.372 e. The van der Waals surface area contributed by atoms with E-state index in [-0.39, 0.29) is 11.7 Å². The number of nitrogens with zero attached hydrogens (tertiary/aromatic N) is 4. The maximum absolute atomic E-state index is 12.2. The molecule has 1 amide bonds. The Balaban J connectivity index is 1.44. The van der Waals surface area contributed by atoms with Gasteiger partial charge in [-0.1, -0.05) is 42.1 Å². The standard InChI is InChI=1S/C21H25N7OS/c1-3-28(4-2)18-12-10-17(11-13-18)23-19(29)15-30-21-24-20(26-27-21)25-22-14-16-8-6-5-7-9-16/h5-14H,3-4,15H2,1-2H3,(H,23,29)(H2,24,25,26,27)/b22-14-. The first-order valence-electron chi connectivity index (χ1n) is 9.72. The van der Waals surface area contributed by atoms with Crippen LogP contribution < -0.4 is 15.6 Å². The maximum Gasteiger partial charge on any atom is 0.240 e. The average Bonchev–Trinajstić information content (AvgIpc) is 3.23. The first kappa shape index (κ1) is 21.4. The molecule has 9 heteroatoms. The second-order valence-electron chi connectivity index (χ2n) is 6.30. The van der Waals surface area contributed by atoms with Crippen LogP contribution in [0.15, 0.2) is 64.9 Å². The lowest BCUT2D eigenvalue weighted by Crippen LogP contribution is -2.21. The van der Waals surface area contributed by atoms with Gasteiger partial charge in [0.25, 0.3) is 0 Å². The van der Waals surface area contributed by atoms with E-state index in [1.54, 1.807) is 6.21 Å². The number of aromatic nitrogens is 3. The normalized spacial score (nSPS) is 10.9. The molecule has 3 aromatic rings. The van der Waals surface area contributed by atoms with Crippen molar-refractivity contribution < 1.29 is 4.79 Å². The van der Waals surface area contributed by atoms with Crippen LogP contribution in [0.3, 0.4) is 0 Å². The summed E-state index contributed by atoms with van der Waals surface area (Å²) in [4.78, 5) is 18.7. The molecule has 0 spiro atoms. The fourth-order valence-electron chi connectivity index (χ4n) is 2.74. The van der Waals surface area contributed by atoms with Gasteiger partial charge in [0.2, 0.25) is 17.0 Å². The molecule has 0 aliphatic carbocycles. The minimum atomic E-state index is -0.114. The molecule has 0 saturated heterocycles. The molecule has 2 aromatic carbocycles. The molecule has 3 N–H and O–H groups in total. The lowest BCUT2D eigenvalue weighted by molar-refractivity contribution is -0.113. The highest BCUT2D eigenvalue weighted by atomic mass is 32.2. The molecule has 1 heterocycles. The zero-order valence-corrected chi connectivity index (χ0v) is 17.8. The van der Waals surface area contributed by atoms with Crippen LogP contribution in [-0.4, -0.2) is 46.1 Å². The van der Waals surface area contributed by atoms with Crippen molar-refractivity contribution in [2.24, 2.45) is 5.10 Å². The molecule has 0 bridgehead atoms. The van der Waals surface area contributed by atoms with E-state index in [2.05, 4.69) is 49.8 Å². The molecular formula is C21H25N7OS. The number of anilines is 3. The minimum absolute atomic E-state index is 0.114. The summed E-state index contributed by atoms with van der Waals surface area (Å²) in [6.07, 6.45) is 1.69. The summed E-state index contributed by atoms with van der Waals surface area (Å²) in [6, 6.07) is 17.6. The number of thioether (sulfide) groups is 1. The molecule has 0 atom stereocenters. The second-order valence-corrected chi connectivity index (χ2v) is 7.25. The number of nitrogens with one attached hydrogen (secondary N) is 3. The van der Waals surface area contributed by atoms with E-state index in [1.807, 2.05) is 54.6 Å². The molecule has 0 radical (unpaired) electrons. The van der Waals surface area contributed by atoms with Crippen LogP contribution in [0.2, 0.25) is 0 Å². The van der Waals surface area contributed by atoms with Gasteiger partial charge < -0.3 is 10.2 Å². The van der Waals surface area contributed by atoms with Crippen LogP contribution in [0.25, 0.3) is 0 Å². The third-order valence-electron chi connectivity index (χ3n) is 4.26. The molecule has 0 aliphatic heterocycles. The first-order chi connectivity index (χ1) is 14.7. The van der Waals surface area contributed by atoms with Gasteiger partial charge in [-0.15, -0.1) is 5.10 Å². The van der Waals surface area contributed by atoms with Gasteiger partial charge in [-0.05, 0) is 43.7 Å². The summed E-state index contributed by atoms with van der Waals surface area (Å²) in [5, 5.41) is 14.3. The van der Waals surface area contributed by atoms with Crippen molar-refractivity contribution in [3.63, 3.8) is 0 Å². The zero-order chi connectivity index (χ0) is 21.2. The molecule has 3 rings (SSSR count). The summed E-state index contributed by atoms with van der Waals surface area (Å²) >= 11 is 1.25. The Morgan fingerprint density at radius 2 is 1.87 bits per heavy atom. The highest BCUT2D eigenvalue weighted by Gasteiger charge is 2.08. The van der Waals surface area contributed by atoms with Gasteiger partial charge in [-0.2, -0.15) is 10.1 Å². The third-order valence-corrected chi connectivity index (χ3v) is 5.11. The number of carbonyl (C=O) groups excluding carboxylic acids is 1. The smallest absolute Gasteiger partial charge is 0.240 e. The number of H-pyrrole nitrogens is 1. The molecule has 0 saturated carbocycles. The van der Waals surface area contributed by atoms with E-state index in [0.717, 1.165) is 30.0 Å². The van der Waals surface area contributed by atoms with Crippen molar-refractivity contribution in [1.29, 1.82) is 0 Å². The number of hydrogen-bond acceptors (Lipinski definition) is 7. The van der Waals surface area contributed by atoms with Crippen LogP contribution in [0.5, 0.6) is 0 Å². The summed E-state index contributed by atoms with van der Waals surface area (Å²) in [5.74, 6) is 0.511. The molecular weight excluding hydrogens is 398 g/mol. The molecule has 0 fully saturated rings. The predicted molar refractivity (Wildman–Crippen MR) is 123 cm³/mol. The summed E-state index contributed by atoms with van der Waals surface area (Å²) in [6.45, 7) is 6.14. The van der Waals surface area contributed by atoms with Crippen LogP contribution >= 0.6 is 11.8 Å². The van der Waals surface area contributed by atoms with Crippen LogP contribution in [-0.2, 0) is 4.79 Å². The largest absolute Gasteiger partial charge is 0.372 e. The Morgan fingerprint density at radius 1 is 1.13 bits per heavy atom. The van der Waals surface area contributed by atoms with Gasteiger partial charge in [-0.3, -0.25) is 4.79 Å². The SMILES string of the molecule is CCN(CC)c1ccc(NC(=O)CSc2n[nH]c(N/N=C\c3ccccc3)n2)cc1. The fourth-order valence-corrected chi connectivity index (χ4v) is 3.34. The van der Waals surface area contributed by atoms with Gasteiger partial charge >= 0.3 is 0 Å². The van der Waals surface area contributed by atoms with Gasteiger partial charge in [0, 0.05) is 24.5 Å². The van der Waals surface area contributed by atoms with Crippen molar-refractivity contribution in [2.75, 3.05) is 34.5 Å². The molecule has 156 valence electrons. The van der Waals surface area contributed by atoms with E-state index in [4.69, 9.17) is 0 Å². The van der Waals surface area contributed by atoms with Gasteiger partial charge in [0.05, 0.1) is 12.0 Å². The zero-order valence-electron chi connectivity index (χ0n) is 17.0. The van der Waals surface area contributed by atoms with E-state index in [0.29, 0.717) is 11.1 Å². The van der Waals surface area contributed by atoms with Crippen molar-refractivity contribution in [3.05, 3.63) is 60.2 Å². The highest BCUT2D eigenvalue weighted by molar-refractivity contribution is 7.99.